The Labute approximate surface area is 112 Å². The minimum atomic E-state index is 0.667. The maximum atomic E-state index is 4.49. The molecule has 2 aromatic carbocycles. The van der Waals surface area contributed by atoms with Crippen LogP contribution in [0.1, 0.15) is 11.1 Å². The molecule has 0 bridgehead atoms. The van der Waals surface area contributed by atoms with Crippen molar-refractivity contribution in [3.63, 3.8) is 0 Å². The average molecular weight is 249 g/mol. The lowest BCUT2D eigenvalue weighted by Crippen LogP contribution is -2.03. The van der Waals surface area contributed by atoms with E-state index in [2.05, 4.69) is 46.5 Å². The van der Waals surface area contributed by atoms with Gasteiger partial charge in [0, 0.05) is 18.1 Å². The van der Waals surface area contributed by atoms with Crippen molar-refractivity contribution in [3.05, 3.63) is 65.9 Å². The highest BCUT2D eigenvalue weighted by molar-refractivity contribution is 5.78. The van der Waals surface area contributed by atoms with E-state index in [0.29, 0.717) is 5.95 Å². The molecule has 0 radical (unpaired) electrons. The Balaban J connectivity index is 1.78. The molecule has 0 spiro atoms. The molecule has 0 saturated carbocycles. The van der Waals surface area contributed by atoms with Gasteiger partial charge >= 0.3 is 0 Å². The Morgan fingerprint density at radius 3 is 2.84 bits per heavy atom. The van der Waals surface area contributed by atoms with E-state index < -0.39 is 0 Å². The molecule has 0 amide bonds. The van der Waals surface area contributed by atoms with Crippen LogP contribution >= 0.6 is 0 Å². The first kappa shape index (κ1) is 11.7. The number of para-hydroxylation sites is 1. The number of aryl methyl sites for hydroxylation is 1. The Hall–Kier alpha value is -2.42. The van der Waals surface area contributed by atoms with Crippen LogP contribution in [0.5, 0.6) is 0 Å². The summed E-state index contributed by atoms with van der Waals surface area (Å²) in [6.07, 6.45) is 1.85. The zero-order valence-corrected chi connectivity index (χ0v) is 10.8. The van der Waals surface area contributed by atoms with Crippen molar-refractivity contribution in [3.8, 4) is 0 Å². The summed E-state index contributed by atoms with van der Waals surface area (Å²) in [6.45, 7) is 2.83. The van der Waals surface area contributed by atoms with Crippen LogP contribution in [0.3, 0.4) is 0 Å². The van der Waals surface area contributed by atoms with Crippen LogP contribution in [0.2, 0.25) is 0 Å². The molecular weight excluding hydrogens is 234 g/mol. The Kier molecular flexibility index (Phi) is 3.11. The monoisotopic (exact) mass is 249 g/mol. The number of hydrogen-bond donors (Lipinski definition) is 1. The predicted octanol–water partition coefficient (Wildman–Crippen LogP) is 3.55. The molecule has 0 unspecified atom stereocenters. The third-order valence-electron chi connectivity index (χ3n) is 3.02. The zero-order chi connectivity index (χ0) is 13.1. The van der Waals surface area contributed by atoms with Gasteiger partial charge in [0.25, 0.3) is 0 Å². The lowest BCUT2D eigenvalue weighted by Gasteiger charge is -2.06. The number of nitrogens with zero attached hydrogens (tertiary/aromatic N) is 2. The van der Waals surface area contributed by atoms with E-state index >= 15 is 0 Å². The number of benzene rings is 2. The van der Waals surface area contributed by atoms with E-state index in [0.717, 1.165) is 17.4 Å². The Morgan fingerprint density at radius 1 is 1.05 bits per heavy atom. The first-order chi connectivity index (χ1) is 9.31. The lowest BCUT2D eigenvalue weighted by atomic mass is 10.1. The van der Waals surface area contributed by atoms with Gasteiger partial charge in [0.1, 0.15) is 0 Å². The van der Waals surface area contributed by atoms with Crippen LogP contribution in [-0.2, 0) is 6.54 Å². The highest BCUT2D eigenvalue weighted by atomic mass is 15.1. The van der Waals surface area contributed by atoms with Crippen LogP contribution in [0.25, 0.3) is 10.9 Å². The number of anilines is 1. The zero-order valence-electron chi connectivity index (χ0n) is 10.8. The van der Waals surface area contributed by atoms with Crippen molar-refractivity contribution in [1.82, 2.24) is 9.97 Å². The average Bonchev–Trinajstić information content (AvgIpc) is 2.45. The number of aromatic nitrogens is 2. The molecule has 0 aliphatic rings. The molecule has 94 valence electrons. The van der Waals surface area contributed by atoms with Gasteiger partial charge in [-0.2, -0.15) is 0 Å². The summed E-state index contributed by atoms with van der Waals surface area (Å²) in [7, 11) is 0. The van der Waals surface area contributed by atoms with Crippen molar-refractivity contribution in [2.75, 3.05) is 5.32 Å². The molecule has 0 atom stereocenters. The second kappa shape index (κ2) is 5.06. The van der Waals surface area contributed by atoms with E-state index in [-0.39, 0.29) is 0 Å². The summed E-state index contributed by atoms with van der Waals surface area (Å²) in [5.41, 5.74) is 3.46. The summed E-state index contributed by atoms with van der Waals surface area (Å²) >= 11 is 0. The van der Waals surface area contributed by atoms with Gasteiger partial charge in [-0.15, -0.1) is 0 Å². The van der Waals surface area contributed by atoms with Crippen LogP contribution in [0.15, 0.2) is 54.7 Å². The fourth-order valence-electron chi connectivity index (χ4n) is 2.06. The van der Waals surface area contributed by atoms with Crippen LogP contribution in [0, 0.1) is 6.92 Å². The highest BCUT2D eigenvalue weighted by Crippen LogP contribution is 2.12. The van der Waals surface area contributed by atoms with Crippen LogP contribution < -0.4 is 5.32 Å². The highest BCUT2D eigenvalue weighted by Gasteiger charge is 1.99. The fraction of sp³-hybridized carbons (Fsp3) is 0.125. The second-order valence-corrected chi connectivity index (χ2v) is 4.60. The van der Waals surface area contributed by atoms with Crippen LogP contribution in [0.4, 0.5) is 5.95 Å². The molecule has 1 aromatic heterocycles. The van der Waals surface area contributed by atoms with Gasteiger partial charge in [-0.25, -0.2) is 9.97 Å². The number of fused-ring (bicyclic) bond motifs is 1. The van der Waals surface area contributed by atoms with Gasteiger partial charge in [0.15, 0.2) is 0 Å². The Bertz CT molecular complexity index is 707. The molecule has 1 N–H and O–H groups in total. The smallest absolute Gasteiger partial charge is 0.223 e. The maximum Gasteiger partial charge on any atom is 0.223 e. The van der Waals surface area contributed by atoms with Crippen molar-refractivity contribution < 1.29 is 0 Å². The first-order valence-electron chi connectivity index (χ1n) is 6.32. The van der Waals surface area contributed by atoms with Crippen molar-refractivity contribution in [1.29, 1.82) is 0 Å². The summed E-state index contributed by atoms with van der Waals surface area (Å²) < 4.78 is 0. The topological polar surface area (TPSA) is 37.8 Å². The second-order valence-electron chi connectivity index (χ2n) is 4.60. The predicted molar refractivity (Wildman–Crippen MR) is 78.0 cm³/mol. The van der Waals surface area contributed by atoms with Crippen molar-refractivity contribution >= 4 is 16.9 Å². The molecule has 3 aromatic rings. The fourth-order valence-corrected chi connectivity index (χ4v) is 2.06. The third kappa shape index (κ3) is 2.71. The van der Waals surface area contributed by atoms with E-state index in [1.807, 2.05) is 30.5 Å². The minimum Gasteiger partial charge on any atom is -0.350 e. The number of nitrogens with one attached hydrogen (secondary N) is 1. The van der Waals surface area contributed by atoms with Gasteiger partial charge in [-0.3, -0.25) is 0 Å². The summed E-state index contributed by atoms with van der Waals surface area (Å²) in [5.74, 6) is 0.667. The van der Waals surface area contributed by atoms with Crippen LogP contribution in [-0.4, -0.2) is 9.97 Å². The standard InChI is InChI=1S/C16H15N3/c1-12-5-4-6-13(9-12)10-17-16-18-11-14-7-2-3-8-15(14)19-16/h2-9,11H,10H2,1H3,(H,17,18,19). The van der Waals surface area contributed by atoms with E-state index in [4.69, 9.17) is 0 Å². The minimum absolute atomic E-state index is 0.667. The Morgan fingerprint density at radius 2 is 1.95 bits per heavy atom. The first-order valence-corrected chi connectivity index (χ1v) is 6.32. The SMILES string of the molecule is Cc1cccc(CNc2ncc3ccccc3n2)c1. The summed E-state index contributed by atoms with van der Waals surface area (Å²) in [6, 6.07) is 16.4. The molecule has 0 saturated heterocycles. The molecule has 3 nitrogen and oxygen atoms in total. The maximum absolute atomic E-state index is 4.49. The summed E-state index contributed by atoms with van der Waals surface area (Å²) in [4.78, 5) is 8.81. The molecule has 3 rings (SSSR count). The van der Waals surface area contributed by atoms with Gasteiger partial charge in [0.2, 0.25) is 5.95 Å². The van der Waals surface area contributed by atoms with Gasteiger partial charge in [-0.1, -0.05) is 48.0 Å². The molecule has 1 heterocycles. The van der Waals surface area contributed by atoms with Crippen molar-refractivity contribution in [2.45, 2.75) is 13.5 Å². The van der Waals surface area contributed by atoms with E-state index in [9.17, 15) is 0 Å². The lowest BCUT2D eigenvalue weighted by molar-refractivity contribution is 1.07. The number of hydrogen-bond acceptors (Lipinski definition) is 3. The summed E-state index contributed by atoms with van der Waals surface area (Å²) in [5, 5.41) is 4.32. The molecule has 0 fully saturated rings. The molecule has 0 aliphatic carbocycles. The number of rotatable bonds is 3. The molecule has 0 aliphatic heterocycles. The molecule has 3 heteroatoms. The van der Waals surface area contributed by atoms with E-state index in [1.165, 1.54) is 11.1 Å². The van der Waals surface area contributed by atoms with Gasteiger partial charge < -0.3 is 5.32 Å². The third-order valence-corrected chi connectivity index (χ3v) is 3.02. The van der Waals surface area contributed by atoms with Gasteiger partial charge in [-0.05, 0) is 18.6 Å². The molecular formula is C16H15N3. The van der Waals surface area contributed by atoms with Gasteiger partial charge in [0.05, 0.1) is 5.52 Å². The van der Waals surface area contributed by atoms with Crippen molar-refractivity contribution in [2.24, 2.45) is 0 Å². The quantitative estimate of drug-likeness (QED) is 0.771. The van der Waals surface area contributed by atoms with E-state index in [1.54, 1.807) is 0 Å². The normalized spacial score (nSPS) is 10.6. The largest absolute Gasteiger partial charge is 0.350 e. The molecule has 19 heavy (non-hydrogen) atoms.